The molecule has 7 heteroatoms. The number of hydrogen-bond acceptors (Lipinski definition) is 3. The number of aromatic carboxylic acids is 1. The summed E-state index contributed by atoms with van der Waals surface area (Å²) in [6, 6.07) is 4.40. The van der Waals surface area contributed by atoms with Crippen LogP contribution in [0, 0.1) is 6.92 Å². The first-order chi connectivity index (χ1) is 8.85. The van der Waals surface area contributed by atoms with Gasteiger partial charge in [0.2, 0.25) is 0 Å². The van der Waals surface area contributed by atoms with Gasteiger partial charge in [-0.05, 0) is 19.1 Å². The van der Waals surface area contributed by atoms with Gasteiger partial charge >= 0.3 is 5.97 Å². The second-order valence-electron chi connectivity index (χ2n) is 4.24. The van der Waals surface area contributed by atoms with Crippen molar-refractivity contribution in [2.24, 2.45) is 0 Å². The van der Waals surface area contributed by atoms with E-state index in [2.05, 4.69) is 4.98 Å². The molecule has 0 saturated heterocycles. The molecule has 0 radical (unpaired) electrons. The van der Waals surface area contributed by atoms with Crippen molar-refractivity contribution in [1.29, 1.82) is 0 Å². The highest BCUT2D eigenvalue weighted by molar-refractivity contribution is 6.01. The lowest BCUT2D eigenvalue weighted by molar-refractivity contribution is -0.0625. The molecular weight excluding hydrogens is 258 g/mol. The zero-order valence-corrected chi connectivity index (χ0v) is 10.1. The molecule has 0 aliphatic heterocycles. The number of hydrogen-bond donors (Lipinski definition) is 2. The van der Waals surface area contributed by atoms with Crippen molar-refractivity contribution >= 4 is 17.0 Å². The third kappa shape index (κ3) is 2.41. The van der Waals surface area contributed by atoms with Gasteiger partial charge in [0.1, 0.15) is 12.4 Å². The number of aliphatic hydroxyl groups excluding tert-OH is 1. The maximum absolute atomic E-state index is 13.3. The molecule has 19 heavy (non-hydrogen) atoms. The molecule has 5 nitrogen and oxygen atoms in total. The molecule has 0 unspecified atom stereocenters. The first-order valence-corrected chi connectivity index (χ1v) is 5.53. The van der Waals surface area contributed by atoms with Crippen LogP contribution in [-0.4, -0.2) is 38.3 Å². The number of benzene rings is 1. The van der Waals surface area contributed by atoms with Crippen LogP contribution >= 0.6 is 0 Å². The van der Waals surface area contributed by atoms with E-state index in [1.165, 1.54) is 19.1 Å². The molecule has 1 heterocycles. The predicted octanol–water partition coefficient (Wildman–Crippen LogP) is 1.67. The Morgan fingerprint density at radius 2 is 2.16 bits per heavy atom. The molecule has 2 rings (SSSR count). The van der Waals surface area contributed by atoms with E-state index in [0.29, 0.717) is 5.52 Å². The van der Waals surface area contributed by atoms with Gasteiger partial charge in [0.05, 0.1) is 23.1 Å². The van der Waals surface area contributed by atoms with Crippen LogP contribution in [0.15, 0.2) is 18.2 Å². The van der Waals surface area contributed by atoms with Crippen molar-refractivity contribution in [2.75, 3.05) is 6.61 Å². The molecule has 2 N–H and O–H groups in total. The molecule has 1 aromatic heterocycles. The number of aryl methyl sites for hydroxylation is 1. The summed E-state index contributed by atoms with van der Waals surface area (Å²) in [5.41, 5.74) is 0.388. The van der Waals surface area contributed by atoms with Crippen molar-refractivity contribution in [1.82, 2.24) is 9.55 Å². The molecule has 0 aliphatic rings. The van der Waals surface area contributed by atoms with Crippen molar-refractivity contribution in [3.63, 3.8) is 0 Å². The van der Waals surface area contributed by atoms with E-state index >= 15 is 0 Å². The van der Waals surface area contributed by atoms with Crippen LogP contribution in [0.4, 0.5) is 8.78 Å². The van der Waals surface area contributed by atoms with Gasteiger partial charge in [0.25, 0.3) is 5.92 Å². The predicted molar refractivity (Wildman–Crippen MR) is 63.5 cm³/mol. The summed E-state index contributed by atoms with van der Waals surface area (Å²) in [6.45, 7) is -0.601. The Kier molecular flexibility index (Phi) is 3.23. The number of carboxylic acids is 1. The summed E-state index contributed by atoms with van der Waals surface area (Å²) in [5, 5.41) is 17.7. The molecule has 1 aromatic carbocycles. The van der Waals surface area contributed by atoms with Gasteiger partial charge in [-0.25, -0.2) is 18.6 Å². The number of fused-ring (bicyclic) bond motifs is 1. The monoisotopic (exact) mass is 270 g/mol. The van der Waals surface area contributed by atoms with Crippen LogP contribution in [0.3, 0.4) is 0 Å². The maximum atomic E-state index is 13.3. The topological polar surface area (TPSA) is 75.3 Å². The summed E-state index contributed by atoms with van der Waals surface area (Å²) < 4.78 is 27.7. The number of carboxylic acid groups (broad SMARTS) is 1. The van der Waals surface area contributed by atoms with Crippen LogP contribution in [0.5, 0.6) is 0 Å². The minimum absolute atomic E-state index is 0.0909. The number of carbonyl (C=O) groups is 1. The van der Waals surface area contributed by atoms with Crippen LogP contribution < -0.4 is 0 Å². The van der Waals surface area contributed by atoms with Gasteiger partial charge < -0.3 is 14.8 Å². The van der Waals surface area contributed by atoms with E-state index < -0.39 is 25.0 Å². The Morgan fingerprint density at radius 1 is 1.47 bits per heavy atom. The number of para-hydroxylation sites is 1. The molecule has 0 spiro atoms. The molecule has 0 amide bonds. The van der Waals surface area contributed by atoms with E-state index in [0.717, 1.165) is 4.57 Å². The highest BCUT2D eigenvalue weighted by Gasteiger charge is 2.30. The summed E-state index contributed by atoms with van der Waals surface area (Å²) >= 11 is 0. The van der Waals surface area contributed by atoms with Crippen LogP contribution in [-0.2, 0) is 6.54 Å². The zero-order chi connectivity index (χ0) is 14.2. The minimum Gasteiger partial charge on any atom is -0.478 e. The number of halogens is 2. The minimum atomic E-state index is -3.33. The Labute approximate surface area is 107 Å². The van der Waals surface area contributed by atoms with Gasteiger partial charge in [-0.3, -0.25) is 0 Å². The molecule has 0 atom stereocenters. The molecule has 0 aliphatic carbocycles. The lowest BCUT2D eigenvalue weighted by atomic mass is 10.2. The number of nitrogens with zero attached hydrogens (tertiary/aromatic N) is 2. The number of aliphatic hydroxyl groups is 1. The first kappa shape index (κ1) is 13.4. The number of rotatable bonds is 4. The standard InChI is InChI=1S/C12H12F2N2O3/c1-7-15-9-4-2-3-8(11(18)19)10(9)16(7)5-12(13,14)6-17/h2-4,17H,5-6H2,1H3,(H,18,19). The largest absolute Gasteiger partial charge is 0.478 e. The first-order valence-electron chi connectivity index (χ1n) is 5.53. The Bertz CT molecular complexity index is 637. The highest BCUT2D eigenvalue weighted by atomic mass is 19.3. The molecule has 0 saturated carbocycles. The van der Waals surface area contributed by atoms with Gasteiger partial charge in [0, 0.05) is 0 Å². The van der Waals surface area contributed by atoms with Crippen LogP contribution in [0.1, 0.15) is 16.2 Å². The molecule has 2 aromatic rings. The van der Waals surface area contributed by atoms with Crippen LogP contribution in [0.25, 0.3) is 11.0 Å². The average molecular weight is 270 g/mol. The summed E-state index contributed by atoms with van der Waals surface area (Å²) in [6.07, 6.45) is 0. The number of imidazole rings is 1. The Hall–Kier alpha value is -2.02. The van der Waals surface area contributed by atoms with Crippen molar-refractivity contribution < 1.29 is 23.8 Å². The third-order valence-electron chi connectivity index (χ3n) is 2.81. The lowest BCUT2D eigenvalue weighted by Crippen LogP contribution is -2.28. The van der Waals surface area contributed by atoms with Crippen molar-refractivity contribution in [3.8, 4) is 0 Å². The van der Waals surface area contributed by atoms with Gasteiger partial charge in [0.15, 0.2) is 0 Å². The number of aromatic nitrogens is 2. The molecule has 102 valence electrons. The molecule has 0 fully saturated rings. The van der Waals surface area contributed by atoms with E-state index in [1.54, 1.807) is 6.07 Å². The third-order valence-corrected chi connectivity index (χ3v) is 2.81. The quantitative estimate of drug-likeness (QED) is 0.886. The summed E-state index contributed by atoms with van der Waals surface area (Å²) in [7, 11) is 0. The molecular formula is C12H12F2N2O3. The maximum Gasteiger partial charge on any atom is 0.337 e. The van der Waals surface area contributed by atoms with Crippen molar-refractivity contribution in [2.45, 2.75) is 19.4 Å². The van der Waals surface area contributed by atoms with Gasteiger partial charge in [-0.2, -0.15) is 0 Å². The Balaban J connectivity index is 2.66. The number of alkyl halides is 2. The fourth-order valence-electron chi connectivity index (χ4n) is 1.95. The van der Waals surface area contributed by atoms with Gasteiger partial charge in [-0.15, -0.1) is 0 Å². The second-order valence-corrected chi connectivity index (χ2v) is 4.24. The smallest absolute Gasteiger partial charge is 0.337 e. The van der Waals surface area contributed by atoms with Crippen molar-refractivity contribution in [3.05, 3.63) is 29.6 Å². The zero-order valence-electron chi connectivity index (χ0n) is 10.1. The summed E-state index contributed by atoms with van der Waals surface area (Å²) in [4.78, 5) is 15.2. The lowest BCUT2D eigenvalue weighted by Gasteiger charge is -2.16. The normalized spacial score (nSPS) is 12.0. The average Bonchev–Trinajstić information content (AvgIpc) is 2.65. The molecule has 0 bridgehead atoms. The highest BCUT2D eigenvalue weighted by Crippen LogP contribution is 2.24. The van der Waals surface area contributed by atoms with Gasteiger partial charge in [-0.1, -0.05) is 6.07 Å². The Morgan fingerprint density at radius 3 is 2.74 bits per heavy atom. The SMILES string of the molecule is Cc1nc2cccc(C(=O)O)c2n1CC(F)(F)CO. The van der Waals surface area contributed by atoms with E-state index in [-0.39, 0.29) is 16.9 Å². The van der Waals surface area contributed by atoms with E-state index in [4.69, 9.17) is 10.2 Å². The summed E-state index contributed by atoms with van der Waals surface area (Å²) in [5.74, 6) is -4.26. The van der Waals surface area contributed by atoms with E-state index in [9.17, 15) is 13.6 Å². The fourth-order valence-corrected chi connectivity index (χ4v) is 1.95. The second kappa shape index (κ2) is 4.58. The fraction of sp³-hybridized carbons (Fsp3) is 0.333. The van der Waals surface area contributed by atoms with E-state index in [1.807, 2.05) is 0 Å². The van der Waals surface area contributed by atoms with Crippen LogP contribution in [0.2, 0.25) is 0 Å².